The number of nitrogens with one attached hydrogen (secondary N) is 2. The Morgan fingerprint density at radius 1 is 1.38 bits per heavy atom. The highest BCUT2D eigenvalue weighted by atomic mass is 32.1. The molecule has 0 aromatic carbocycles. The summed E-state index contributed by atoms with van der Waals surface area (Å²) in [5.41, 5.74) is 1.86. The van der Waals surface area contributed by atoms with E-state index in [1.807, 2.05) is 35.8 Å². The molecular formula is C14H14N4O2S. The lowest BCUT2D eigenvalue weighted by atomic mass is 10.3. The van der Waals surface area contributed by atoms with E-state index >= 15 is 0 Å². The van der Waals surface area contributed by atoms with E-state index in [9.17, 15) is 4.79 Å². The molecule has 0 saturated heterocycles. The van der Waals surface area contributed by atoms with Gasteiger partial charge in [0.05, 0.1) is 24.4 Å². The second-order valence-electron chi connectivity index (χ2n) is 4.48. The maximum atomic E-state index is 11.8. The van der Waals surface area contributed by atoms with Crippen molar-refractivity contribution < 1.29 is 4.74 Å². The molecule has 2 N–H and O–H groups in total. The van der Waals surface area contributed by atoms with Crippen LogP contribution in [0.15, 0.2) is 35.3 Å². The number of pyridine rings is 1. The molecule has 0 aliphatic heterocycles. The quantitative estimate of drug-likeness (QED) is 0.725. The van der Waals surface area contributed by atoms with Crippen LogP contribution in [0.25, 0.3) is 11.0 Å². The fourth-order valence-corrected chi connectivity index (χ4v) is 2.45. The van der Waals surface area contributed by atoms with Crippen LogP contribution in [-0.4, -0.2) is 26.1 Å². The van der Waals surface area contributed by atoms with Crippen molar-refractivity contribution in [1.29, 1.82) is 0 Å². The van der Waals surface area contributed by atoms with Crippen LogP contribution in [0.3, 0.4) is 0 Å². The van der Waals surface area contributed by atoms with Crippen LogP contribution in [0.2, 0.25) is 0 Å². The smallest absolute Gasteiger partial charge is 0.276 e. The van der Waals surface area contributed by atoms with Crippen LogP contribution in [-0.2, 0) is 6.54 Å². The Kier molecular flexibility index (Phi) is 3.57. The van der Waals surface area contributed by atoms with Gasteiger partial charge in [-0.2, -0.15) is 0 Å². The van der Waals surface area contributed by atoms with Gasteiger partial charge in [-0.05, 0) is 31.3 Å². The van der Waals surface area contributed by atoms with Gasteiger partial charge in [-0.1, -0.05) is 6.07 Å². The van der Waals surface area contributed by atoms with Crippen LogP contribution in [0.5, 0.6) is 5.88 Å². The Labute approximate surface area is 125 Å². The van der Waals surface area contributed by atoms with E-state index in [1.54, 1.807) is 6.20 Å². The molecule has 21 heavy (non-hydrogen) atoms. The van der Waals surface area contributed by atoms with Crippen molar-refractivity contribution in [2.75, 3.05) is 6.61 Å². The lowest BCUT2D eigenvalue weighted by Gasteiger charge is -2.09. The van der Waals surface area contributed by atoms with Crippen molar-refractivity contribution in [2.24, 2.45) is 0 Å². The molecule has 0 aliphatic rings. The molecule has 3 rings (SSSR count). The van der Waals surface area contributed by atoms with Crippen LogP contribution in [0.4, 0.5) is 0 Å². The first kappa shape index (κ1) is 13.6. The summed E-state index contributed by atoms with van der Waals surface area (Å²) < 4.78 is 7.60. The maximum absolute atomic E-state index is 11.8. The normalized spacial score (nSPS) is 10.9. The van der Waals surface area contributed by atoms with Gasteiger partial charge in [-0.3, -0.25) is 9.78 Å². The lowest BCUT2D eigenvalue weighted by Crippen LogP contribution is -2.15. The van der Waals surface area contributed by atoms with Crippen molar-refractivity contribution >= 4 is 23.3 Å². The Hall–Kier alpha value is -2.41. The number of fused-ring (bicyclic) bond motifs is 1. The zero-order valence-corrected chi connectivity index (χ0v) is 12.2. The minimum Gasteiger partial charge on any atom is -0.478 e. The number of aromatic nitrogens is 4. The molecule has 0 atom stereocenters. The average molecular weight is 302 g/mol. The van der Waals surface area contributed by atoms with E-state index < -0.39 is 0 Å². The van der Waals surface area contributed by atoms with E-state index in [2.05, 4.69) is 15.0 Å². The number of rotatable bonds is 4. The van der Waals surface area contributed by atoms with Gasteiger partial charge in [0.25, 0.3) is 5.56 Å². The highest BCUT2D eigenvalue weighted by Gasteiger charge is 2.08. The number of aromatic amines is 2. The lowest BCUT2D eigenvalue weighted by molar-refractivity contribution is 0.325. The van der Waals surface area contributed by atoms with Crippen molar-refractivity contribution in [3.8, 4) is 5.88 Å². The molecule has 6 nitrogen and oxygen atoms in total. The number of H-pyrrole nitrogens is 2. The molecule has 0 radical (unpaired) electrons. The Balaban J connectivity index is 2.06. The highest BCUT2D eigenvalue weighted by Crippen LogP contribution is 2.13. The van der Waals surface area contributed by atoms with E-state index in [0.29, 0.717) is 29.3 Å². The predicted molar refractivity (Wildman–Crippen MR) is 82.3 cm³/mol. The second kappa shape index (κ2) is 5.53. The van der Waals surface area contributed by atoms with Crippen LogP contribution >= 0.6 is 12.2 Å². The van der Waals surface area contributed by atoms with Gasteiger partial charge < -0.3 is 14.3 Å². The van der Waals surface area contributed by atoms with E-state index in [-0.39, 0.29) is 5.56 Å². The molecule has 0 unspecified atom stereocenters. The maximum Gasteiger partial charge on any atom is 0.276 e. The first-order valence-electron chi connectivity index (χ1n) is 6.58. The topological polar surface area (TPSA) is 75.7 Å². The zero-order valence-electron chi connectivity index (χ0n) is 11.4. The zero-order chi connectivity index (χ0) is 14.8. The molecule has 3 heterocycles. The second-order valence-corrected chi connectivity index (χ2v) is 4.87. The minimum atomic E-state index is -0.215. The van der Waals surface area contributed by atoms with Gasteiger partial charge in [0, 0.05) is 12.3 Å². The fourth-order valence-electron chi connectivity index (χ4n) is 2.20. The van der Waals surface area contributed by atoms with Crippen molar-refractivity contribution in [2.45, 2.75) is 13.5 Å². The molecule has 3 aromatic rings. The van der Waals surface area contributed by atoms with E-state index in [1.165, 1.54) is 0 Å². The summed E-state index contributed by atoms with van der Waals surface area (Å²) in [5.74, 6) is 0.580. The van der Waals surface area contributed by atoms with Crippen molar-refractivity contribution in [3.63, 3.8) is 0 Å². The third-order valence-electron chi connectivity index (χ3n) is 3.10. The standard InChI is InChI=1S/C14H14N4O2S/c1-2-20-11-5-3-4-9(16-11)8-18-10-6-7-15-12(10)13(19)17-14(18)21/h3-7,15H,2,8H2,1H3,(H,17,19,21). The predicted octanol–water partition coefficient (Wildman–Crippen LogP) is 2.23. The average Bonchev–Trinajstić information content (AvgIpc) is 2.94. The van der Waals surface area contributed by atoms with Gasteiger partial charge in [0.15, 0.2) is 4.77 Å². The molecular weight excluding hydrogens is 288 g/mol. The van der Waals surface area contributed by atoms with Crippen molar-refractivity contribution in [3.05, 3.63) is 51.3 Å². The molecule has 0 aliphatic carbocycles. The first-order chi connectivity index (χ1) is 10.2. The first-order valence-corrected chi connectivity index (χ1v) is 6.99. The van der Waals surface area contributed by atoms with Crippen LogP contribution in [0.1, 0.15) is 12.6 Å². The van der Waals surface area contributed by atoms with Crippen LogP contribution in [0, 0.1) is 4.77 Å². The van der Waals surface area contributed by atoms with Gasteiger partial charge in [0.1, 0.15) is 5.52 Å². The van der Waals surface area contributed by atoms with Gasteiger partial charge in [-0.25, -0.2) is 4.98 Å². The third-order valence-corrected chi connectivity index (χ3v) is 3.42. The molecule has 0 amide bonds. The third kappa shape index (κ3) is 2.59. The van der Waals surface area contributed by atoms with Gasteiger partial charge >= 0.3 is 0 Å². The summed E-state index contributed by atoms with van der Waals surface area (Å²) in [4.78, 5) is 21.8. The minimum absolute atomic E-state index is 0.215. The SMILES string of the molecule is CCOc1cccc(Cn2c(=S)[nH]c(=O)c3[nH]ccc32)n1. The molecule has 0 spiro atoms. The Bertz CT molecular complexity index is 894. The van der Waals surface area contributed by atoms with Crippen molar-refractivity contribution in [1.82, 2.24) is 19.5 Å². The molecule has 7 heteroatoms. The molecule has 108 valence electrons. The number of hydrogen-bond acceptors (Lipinski definition) is 4. The summed E-state index contributed by atoms with van der Waals surface area (Å²) in [7, 11) is 0. The molecule has 0 saturated carbocycles. The summed E-state index contributed by atoms with van der Waals surface area (Å²) in [6.07, 6.45) is 1.72. The number of hydrogen-bond donors (Lipinski definition) is 2. The van der Waals surface area contributed by atoms with Gasteiger partial charge in [-0.15, -0.1) is 0 Å². The largest absolute Gasteiger partial charge is 0.478 e. The molecule has 0 bridgehead atoms. The summed E-state index contributed by atoms with van der Waals surface area (Å²) >= 11 is 5.25. The summed E-state index contributed by atoms with van der Waals surface area (Å²) in [6, 6.07) is 7.42. The van der Waals surface area contributed by atoms with E-state index in [4.69, 9.17) is 17.0 Å². The fraction of sp³-hybridized carbons (Fsp3) is 0.214. The summed E-state index contributed by atoms with van der Waals surface area (Å²) in [6.45, 7) is 2.94. The Morgan fingerprint density at radius 2 is 2.24 bits per heavy atom. The number of ether oxygens (including phenoxy) is 1. The molecule has 3 aromatic heterocycles. The van der Waals surface area contributed by atoms with E-state index in [0.717, 1.165) is 11.2 Å². The summed E-state index contributed by atoms with van der Waals surface area (Å²) in [5, 5.41) is 0. The Morgan fingerprint density at radius 3 is 3.05 bits per heavy atom. The monoisotopic (exact) mass is 302 g/mol. The number of nitrogens with zero attached hydrogens (tertiary/aromatic N) is 2. The van der Waals surface area contributed by atoms with Crippen LogP contribution < -0.4 is 10.3 Å². The van der Waals surface area contributed by atoms with Gasteiger partial charge in [0.2, 0.25) is 5.88 Å². The highest BCUT2D eigenvalue weighted by molar-refractivity contribution is 7.71. The molecule has 0 fully saturated rings.